The standard InChI is InChI=1S/C28H29N3O3S2/c1-4-31-25-14-11-22(19(2)3)17-26(25)35-28(31)29-27(32)21-9-12-24(13-10-21)36(33,34)30-16-15-20-7-5-6-8-23(20)18-30/h5-14,17,19H,4,15-16,18H2,1-3H3. The third-order valence-electron chi connectivity index (χ3n) is 6.72. The van der Waals surface area contributed by atoms with Gasteiger partial charge in [0.05, 0.1) is 15.1 Å². The monoisotopic (exact) mass is 519 g/mol. The lowest BCUT2D eigenvalue weighted by Crippen LogP contribution is -2.35. The Balaban J connectivity index is 1.41. The summed E-state index contributed by atoms with van der Waals surface area (Å²) in [7, 11) is -3.66. The molecule has 0 spiro atoms. The molecule has 0 aliphatic carbocycles. The number of carbonyl (C=O) groups excluding carboxylic acids is 1. The quantitative estimate of drug-likeness (QED) is 0.358. The van der Waals surface area contributed by atoms with E-state index in [1.807, 2.05) is 35.8 Å². The normalized spacial score (nSPS) is 14.9. The Morgan fingerprint density at radius 1 is 1.03 bits per heavy atom. The van der Waals surface area contributed by atoms with Gasteiger partial charge in [0.15, 0.2) is 4.80 Å². The van der Waals surface area contributed by atoms with Gasteiger partial charge in [-0.05, 0) is 72.4 Å². The van der Waals surface area contributed by atoms with Crippen LogP contribution in [0.4, 0.5) is 0 Å². The predicted molar refractivity (Wildman–Crippen MR) is 144 cm³/mol. The Morgan fingerprint density at radius 3 is 2.44 bits per heavy atom. The Hall–Kier alpha value is -3.07. The average Bonchev–Trinajstić information content (AvgIpc) is 3.24. The highest BCUT2D eigenvalue weighted by Gasteiger charge is 2.28. The molecule has 0 saturated carbocycles. The molecule has 1 aliphatic rings. The second kappa shape index (κ2) is 9.76. The topological polar surface area (TPSA) is 71.7 Å². The van der Waals surface area contributed by atoms with E-state index in [-0.39, 0.29) is 10.8 Å². The van der Waals surface area contributed by atoms with Crippen molar-refractivity contribution in [3.05, 3.63) is 93.8 Å². The highest BCUT2D eigenvalue weighted by atomic mass is 32.2. The van der Waals surface area contributed by atoms with Crippen LogP contribution in [0.2, 0.25) is 0 Å². The second-order valence-corrected chi connectivity index (χ2v) is 12.3. The van der Waals surface area contributed by atoms with Crippen molar-refractivity contribution < 1.29 is 13.2 Å². The molecule has 6 nitrogen and oxygen atoms in total. The van der Waals surface area contributed by atoms with Crippen LogP contribution >= 0.6 is 11.3 Å². The van der Waals surface area contributed by atoms with E-state index in [0.717, 1.165) is 15.8 Å². The van der Waals surface area contributed by atoms with Crippen LogP contribution in [0.1, 0.15) is 53.7 Å². The summed E-state index contributed by atoms with van der Waals surface area (Å²) in [5.41, 5.74) is 4.89. The fourth-order valence-electron chi connectivity index (χ4n) is 4.58. The molecule has 0 N–H and O–H groups in total. The molecule has 1 aromatic heterocycles. The van der Waals surface area contributed by atoms with Gasteiger partial charge in [0.2, 0.25) is 10.0 Å². The summed E-state index contributed by atoms with van der Waals surface area (Å²) in [6.45, 7) is 7.85. The number of hydrogen-bond acceptors (Lipinski definition) is 4. The number of nitrogens with zero attached hydrogens (tertiary/aromatic N) is 3. The molecule has 0 atom stereocenters. The van der Waals surface area contributed by atoms with Crippen molar-refractivity contribution in [3.63, 3.8) is 0 Å². The summed E-state index contributed by atoms with van der Waals surface area (Å²) in [5.74, 6) is 0.0340. The van der Waals surface area contributed by atoms with E-state index < -0.39 is 10.0 Å². The van der Waals surface area contributed by atoms with Gasteiger partial charge >= 0.3 is 0 Å². The molecule has 5 rings (SSSR count). The Kier molecular flexibility index (Phi) is 6.68. The van der Waals surface area contributed by atoms with Crippen molar-refractivity contribution in [3.8, 4) is 0 Å². The molecule has 1 amide bonds. The summed E-state index contributed by atoms with van der Waals surface area (Å²) in [6.07, 6.45) is 0.691. The Morgan fingerprint density at radius 2 is 1.75 bits per heavy atom. The Bertz CT molecular complexity index is 1610. The van der Waals surface area contributed by atoms with E-state index in [9.17, 15) is 13.2 Å². The first-order valence-electron chi connectivity index (χ1n) is 12.2. The second-order valence-electron chi connectivity index (χ2n) is 9.31. The third kappa shape index (κ3) is 4.56. The number of sulfonamides is 1. The Labute approximate surface area is 215 Å². The lowest BCUT2D eigenvalue weighted by atomic mass is 10.0. The predicted octanol–water partition coefficient (Wildman–Crippen LogP) is 5.33. The van der Waals surface area contributed by atoms with Crippen molar-refractivity contribution in [2.75, 3.05) is 6.54 Å². The van der Waals surface area contributed by atoms with Crippen LogP contribution in [0.15, 0.2) is 76.6 Å². The van der Waals surface area contributed by atoms with Gasteiger partial charge in [0.1, 0.15) is 0 Å². The minimum atomic E-state index is -3.66. The van der Waals surface area contributed by atoms with Crippen molar-refractivity contribution in [1.82, 2.24) is 8.87 Å². The van der Waals surface area contributed by atoms with E-state index in [4.69, 9.17) is 0 Å². The number of rotatable bonds is 5. The summed E-state index contributed by atoms with van der Waals surface area (Å²) >= 11 is 1.50. The number of amides is 1. The van der Waals surface area contributed by atoms with Gasteiger partial charge < -0.3 is 4.57 Å². The van der Waals surface area contributed by atoms with Crippen molar-refractivity contribution >= 4 is 37.5 Å². The van der Waals surface area contributed by atoms with E-state index in [2.05, 4.69) is 37.0 Å². The van der Waals surface area contributed by atoms with Gasteiger partial charge in [-0.15, -0.1) is 0 Å². The summed E-state index contributed by atoms with van der Waals surface area (Å²) in [5, 5.41) is 0. The van der Waals surface area contributed by atoms with E-state index in [1.54, 1.807) is 12.1 Å². The fourth-order valence-corrected chi connectivity index (χ4v) is 7.14. The summed E-state index contributed by atoms with van der Waals surface area (Å²) < 4.78 is 31.1. The van der Waals surface area contributed by atoms with Crippen molar-refractivity contribution in [2.24, 2.45) is 4.99 Å². The number of benzene rings is 3. The van der Waals surface area contributed by atoms with Gasteiger partial charge in [0, 0.05) is 25.2 Å². The zero-order valence-corrected chi connectivity index (χ0v) is 22.3. The van der Waals surface area contributed by atoms with E-state index in [0.29, 0.717) is 42.3 Å². The van der Waals surface area contributed by atoms with Crippen LogP contribution in [0.5, 0.6) is 0 Å². The molecule has 0 fully saturated rings. The van der Waals surface area contributed by atoms with Crippen LogP contribution in [0, 0.1) is 0 Å². The molecule has 1 aliphatic heterocycles. The molecule has 186 valence electrons. The highest BCUT2D eigenvalue weighted by Crippen LogP contribution is 2.26. The van der Waals surface area contributed by atoms with Crippen LogP contribution < -0.4 is 4.80 Å². The molecular formula is C28H29N3O3S2. The molecule has 4 aromatic rings. The zero-order chi connectivity index (χ0) is 25.4. The molecular weight excluding hydrogens is 490 g/mol. The van der Waals surface area contributed by atoms with Crippen molar-refractivity contribution in [1.29, 1.82) is 0 Å². The third-order valence-corrected chi connectivity index (χ3v) is 9.62. The number of fused-ring (bicyclic) bond motifs is 2. The molecule has 3 aromatic carbocycles. The first-order valence-corrected chi connectivity index (χ1v) is 14.4. The van der Waals surface area contributed by atoms with Gasteiger partial charge in [-0.1, -0.05) is 55.5 Å². The first-order chi connectivity index (χ1) is 17.3. The molecule has 0 saturated heterocycles. The molecule has 0 radical (unpaired) electrons. The van der Waals surface area contributed by atoms with Crippen LogP contribution in [-0.2, 0) is 29.5 Å². The molecule has 2 heterocycles. The fraction of sp³-hybridized carbons (Fsp3) is 0.286. The highest BCUT2D eigenvalue weighted by molar-refractivity contribution is 7.89. The van der Waals surface area contributed by atoms with Crippen LogP contribution in [-0.4, -0.2) is 29.7 Å². The van der Waals surface area contributed by atoms with Gasteiger partial charge in [-0.2, -0.15) is 9.30 Å². The lowest BCUT2D eigenvalue weighted by molar-refractivity contribution is 0.0997. The molecule has 36 heavy (non-hydrogen) atoms. The van der Waals surface area contributed by atoms with Crippen molar-refractivity contribution in [2.45, 2.75) is 51.1 Å². The maximum Gasteiger partial charge on any atom is 0.279 e. The SMILES string of the molecule is CCn1c(=NC(=O)c2ccc(S(=O)(=O)N3CCc4ccccc4C3)cc2)sc2cc(C(C)C)ccc21. The maximum absolute atomic E-state index is 13.2. The van der Waals surface area contributed by atoms with Gasteiger partial charge in [-0.3, -0.25) is 4.79 Å². The lowest BCUT2D eigenvalue weighted by Gasteiger charge is -2.28. The first kappa shape index (κ1) is 24.6. The average molecular weight is 520 g/mol. The van der Waals surface area contributed by atoms with Gasteiger partial charge in [0.25, 0.3) is 5.91 Å². The number of aromatic nitrogens is 1. The number of thiazole rings is 1. The van der Waals surface area contributed by atoms with E-state index >= 15 is 0 Å². The minimum absolute atomic E-state index is 0.185. The number of aryl methyl sites for hydroxylation is 1. The largest absolute Gasteiger partial charge is 0.317 e. The minimum Gasteiger partial charge on any atom is -0.317 e. The summed E-state index contributed by atoms with van der Waals surface area (Å²) in [4.78, 5) is 18.2. The van der Waals surface area contributed by atoms with Crippen LogP contribution in [0.3, 0.4) is 0 Å². The molecule has 8 heteroatoms. The zero-order valence-electron chi connectivity index (χ0n) is 20.6. The molecule has 0 unspecified atom stereocenters. The smallest absolute Gasteiger partial charge is 0.279 e. The maximum atomic E-state index is 13.2. The number of carbonyl (C=O) groups is 1. The van der Waals surface area contributed by atoms with Gasteiger partial charge in [-0.25, -0.2) is 8.42 Å². The summed E-state index contributed by atoms with van der Waals surface area (Å²) in [6, 6.07) is 20.4. The molecule has 0 bridgehead atoms. The van der Waals surface area contributed by atoms with Crippen LogP contribution in [0.25, 0.3) is 10.2 Å². The number of hydrogen-bond donors (Lipinski definition) is 0. The van der Waals surface area contributed by atoms with E-state index in [1.165, 1.54) is 38.9 Å².